The maximum atomic E-state index is 14.2. The molecule has 3 heterocycles. The van der Waals surface area contributed by atoms with E-state index in [-0.39, 0.29) is 50.2 Å². The number of fused-ring (bicyclic) bond motifs is 1. The van der Waals surface area contributed by atoms with Crippen LogP contribution in [-0.2, 0) is 23.8 Å². The van der Waals surface area contributed by atoms with Crippen molar-refractivity contribution in [2.24, 2.45) is 23.7 Å². The minimum absolute atomic E-state index is 0.0108. The van der Waals surface area contributed by atoms with E-state index in [1.807, 2.05) is 0 Å². The monoisotopic (exact) mass is 738 g/mol. The molecule has 4 bridgehead atoms. The maximum absolute atomic E-state index is 14.2. The quantitative estimate of drug-likeness (QED) is 0.160. The number of hydrogen-bond acceptors (Lipinski definition) is 13. The molecule has 0 unspecified atom stereocenters. The van der Waals surface area contributed by atoms with Gasteiger partial charge in [0.05, 0.1) is 51.3 Å². The Bertz CT molecular complexity index is 2000. The van der Waals surface area contributed by atoms with Crippen molar-refractivity contribution in [2.75, 3.05) is 12.4 Å². The van der Waals surface area contributed by atoms with Crippen LogP contribution >= 0.6 is 11.3 Å². The minimum atomic E-state index is -1.92. The van der Waals surface area contributed by atoms with E-state index >= 15 is 0 Å². The predicted octanol–water partition coefficient (Wildman–Crippen LogP) is 5.66. The summed E-state index contributed by atoms with van der Waals surface area (Å²) in [5.41, 5.74) is 2.23. The van der Waals surface area contributed by atoms with Gasteiger partial charge in [0.25, 0.3) is 11.7 Å². The Labute approximate surface area is 305 Å². The Morgan fingerprint density at radius 1 is 1.00 bits per heavy atom. The number of ketones is 1. The number of aromatic nitrogens is 1. The Morgan fingerprint density at radius 2 is 1.69 bits per heavy atom. The maximum Gasteiger partial charge on any atom is 0.312 e. The number of anilines is 1. The number of thiazole rings is 1. The van der Waals surface area contributed by atoms with Crippen LogP contribution in [0.3, 0.4) is 0 Å². The largest absolute Gasteiger partial charge is 0.507 e. The summed E-state index contributed by atoms with van der Waals surface area (Å²) in [6.07, 6.45) is 3.93. The number of nitrogens with one attached hydrogen (secondary N) is 1. The Hall–Kier alpha value is -4.50. The number of rotatable bonds is 2. The molecule has 0 aliphatic carbocycles. The molecule has 2 aromatic carbocycles. The highest BCUT2D eigenvalue weighted by Crippen LogP contribution is 2.54. The van der Waals surface area contributed by atoms with E-state index in [0.29, 0.717) is 4.70 Å². The predicted molar refractivity (Wildman–Crippen MR) is 195 cm³/mol. The number of phenolic OH excluding ortho intramolecular Hbond substituents is 2. The number of amides is 1. The van der Waals surface area contributed by atoms with Gasteiger partial charge in [0, 0.05) is 61.2 Å². The lowest BCUT2D eigenvalue weighted by Gasteiger charge is -2.38. The number of nitrogens with zero attached hydrogens (tertiary/aromatic N) is 1. The van der Waals surface area contributed by atoms with Crippen molar-refractivity contribution in [3.8, 4) is 17.2 Å². The molecular weight excluding hydrogens is 692 g/mol. The van der Waals surface area contributed by atoms with Crippen molar-refractivity contribution in [1.82, 2.24) is 4.98 Å². The van der Waals surface area contributed by atoms with Crippen molar-refractivity contribution >= 4 is 55.7 Å². The number of phenols is 2. The van der Waals surface area contributed by atoms with Crippen LogP contribution in [0.1, 0.15) is 64.4 Å². The van der Waals surface area contributed by atoms with E-state index < -0.39 is 77.3 Å². The molecule has 2 aliphatic rings. The van der Waals surface area contributed by atoms with Gasteiger partial charge < -0.3 is 44.7 Å². The highest BCUT2D eigenvalue weighted by atomic mass is 32.1. The molecule has 14 heteroatoms. The number of allylic oxidation sites excluding steroid dienone is 2. The van der Waals surface area contributed by atoms with Crippen molar-refractivity contribution in [1.29, 1.82) is 0 Å². The zero-order valence-corrected chi connectivity index (χ0v) is 31.4. The number of carbonyl (C=O) groups excluding carboxylic acids is 3. The third-order valence-electron chi connectivity index (χ3n) is 10.3. The van der Waals surface area contributed by atoms with E-state index in [4.69, 9.17) is 18.9 Å². The van der Waals surface area contributed by atoms with Crippen LogP contribution < -0.4 is 10.1 Å². The molecule has 1 aromatic heterocycles. The van der Waals surface area contributed by atoms with E-state index in [1.54, 1.807) is 52.8 Å². The van der Waals surface area contributed by atoms with Gasteiger partial charge in [-0.05, 0) is 19.9 Å². The number of esters is 1. The standard InChI is InChI=1S/C38H46N2O11S/c1-16-11-10-12-17(2)37(47)40-28-32(45)25-24(27-35(28)52-15-39-27)26-34(21(6)31(25)44)51-38(8,36(26)46)49-14-13-23(48-9)18(3)33(50-22(7)41)20(5)30(43)19(4)29(16)42/h10-16,18-20,23,29-30,33,42-45H,1-9H3,(H,40,47)/b11-10+,14-13-,17-12+/t16-,18-,19-,20+,23+,29+,30+,33+,38-/m1/s1. The molecule has 3 aromatic rings. The van der Waals surface area contributed by atoms with E-state index in [1.165, 1.54) is 45.7 Å². The van der Waals surface area contributed by atoms with E-state index in [0.717, 1.165) is 11.3 Å². The molecule has 0 radical (unpaired) electrons. The van der Waals surface area contributed by atoms with Gasteiger partial charge in [-0.2, -0.15) is 0 Å². The number of aromatic hydroxyl groups is 2. The second-order valence-corrected chi connectivity index (χ2v) is 14.7. The summed E-state index contributed by atoms with van der Waals surface area (Å²) in [5, 5.41) is 48.5. The van der Waals surface area contributed by atoms with Crippen LogP contribution in [0, 0.1) is 30.6 Å². The van der Waals surface area contributed by atoms with Gasteiger partial charge >= 0.3 is 11.8 Å². The van der Waals surface area contributed by atoms with Crippen LogP contribution in [0.5, 0.6) is 17.2 Å². The molecule has 280 valence electrons. The van der Waals surface area contributed by atoms with Crippen LogP contribution in [0.25, 0.3) is 21.0 Å². The third-order valence-corrected chi connectivity index (χ3v) is 11.1. The molecule has 0 saturated carbocycles. The summed E-state index contributed by atoms with van der Waals surface area (Å²) in [6, 6.07) is 0. The van der Waals surface area contributed by atoms with Gasteiger partial charge in [-0.3, -0.25) is 14.4 Å². The number of benzene rings is 2. The number of ether oxygens (including phenoxy) is 4. The molecule has 9 atom stereocenters. The molecule has 52 heavy (non-hydrogen) atoms. The van der Waals surface area contributed by atoms with Gasteiger partial charge in [-0.1, -0.05) is 45.9 Å². The second-order valence-electron chi connectivity index (χ2n) is 13.9. The molecule has 0 fully saturated rings. The molecule has 5 N–H and O–H groups in total. The lowest BCUT2D eigenvalue weighted by molar-refractivity contribution is -0.160. The van der Waals surface area contributed by atoms with Crippen LogP contribution in [-0.4, -0.2) is 80.4 Å². The first-order valence-electron chi connectivity index (χ1n) is 17.0. The second kappa shape index (κ2) is 14.9. The van der Waals surface area contributed by atoms with Crippen molar-refractivity contribution in [3.05, 3.63) is 52.8 Å². The number of methoxy groups -OCH3 is 1. The highest BCUT2D eigenvalue weighted by molar-refractivity contribution is 7.17. The average molecular weight is 739 g/mol. The zero-order valence-electron chi connectivity index (χ0n) is 30.6. The minimum Gasteiger partial charge on any atom is -0.507 e. The lowest BCUT2D eigenvalue weighted by Crippen LogP contribution is -2.46. The summed E-state index contributed by atoms with van der Waals surface area (Å²) in [5.74, 6) is -6.74. The molecule has 13 nitrogen and oxygen atoms in total. The fourth-order valence-electron chi connectivity index (χ4n) is 7.06. The summed E-state index contributed by atoms with van der Waals surface area (Å²) >= 11 is 1.13. The molecule has 2 aliphatic heterocycles. The fraction of sp³-hybridized carbons (Fsp3) is 0.474. The normalized spacial score (nSPS) is 32.6. The summed E-state index contributed by atoms with van der Waals surface area (Å²) in [4.78, 5) is 44.4. The van der Waals surface area contributed by atoms with Gasteiger partial charge in [-0.15, -0.1) is 11.3 Å². The summed E-state index contributed by atoms with van der Waals surface area (Å²) in [6.45, 7) is 12.8. The number of aliphatic hydroxyl groups is 2. The summed E-state index contributed by atoms with van der Waals surface area (Å²) < 4.78 is 23.9. The lowest BCUT2D eigenvalue weighted by atomic mass is 9.78. The van der Waals surface area contributed by atoms with E-state index in [2.05, 4.69) is 10.3 Å². The Morgan fingerprint density at radius 3 is 2.35 bits per heavy atom. The zero-order chi connectivity index (χ0) is 38.4. The van der Waals surface area contributed by atoms with Crippen molar-refractivity contribution in [2.45, 2.75) is 85.6 Å². The highest BCUT2D eigenvalue weighted by Gasteiger charge is 2.49. The molecule has 1 amide bonds. The number of Topliss-reactive ketones (excluding diaryl/α,β-unsaturated/α-hetero) is 1. The van der Waals surface area contributed by atoms with Crippen LogP contribution in [0.2, 0.25) is 0 Å². The number of aliphatic hydroxyl groups excluding tert-OH is 2. The van der Waals surface area contributed by atoms with Gasteiger partial charge in [-0.25, -0.2) is 4.98 Å². The van der Waals surface area contributed by atoms with Crippen molar-refractivity contribution in [3.63, 3.8) is 0 Å². The molecule has 0 spiro atoms. The smallest absolute Gasteiger partial charge is 0.312 e. The first-order chi connectivity index (χ1) is 24.4. The van der Waals surface area contributed by atoms with Crippen LogP contribution in [0.4, 0.5) is 5.69 Å². The van der Waals surface area contributed by atoms with Gasteiger partial charge in [0.15, 0.2) is 5.75 Å². The topological polar surface area (TPSA) is 194 Å². The first-order valence-corrected chi connectivity index (χ1v) is 17.9. The summed E-state index contributed by atoms with van der Waals surface area (Å²) in [7, 11) is 1.46. The molecule has 0 saturated heterocycles. The number of carbonyl (C=O) groups is 3. The SMILES string of the molecule is CO[C@H]1/C=C\O[C@]2(C)Oc3c(C)c(O)c4c(O)c(c5scnc5c4c3C2=O)NC(=O)/C(C)=C/C=C/[C@@H](C)[C@H](O)[C@@H](C)[C@H](O)[C@H](C)[C@@H](OC(C)=O)[C@@H]1C. The third kappa shape index (κ3) is 6.75. The molecule has 5 rings (SSSR count). The molecular formula is C38H46N2O11S. The Kier molecular flexibility index (Phi) is 11.1. The van der Waals surface area contributed by atoms with Crippen molar-refractivity contribution < 1.29 is 53.8 Å². The average Bonchev–Trinajstić information content (AvgIpc) is 3.69. The first kappa shape index (κ1) is 38.7. The van der Waals surface area contributed by atoms with E-state index in [9.17, 15) is 34.8 Å². The Balaban J connectivity index is 1.68. The van der Waals surface area contributed by atoms with Gasteiger partial charge in [0.2, 0.25) is 0 Å². The van der Waals surface area contributed by atoms with Gasteiger partial charge in [0.1, 0.15) is 23.3 Å². The number of hydrogen-bond donors (Lipinski definition) is 5. The fourth-order valence-corrected chi connectivity index (χ4v) is 7.86. The van der Waals surface area contributed by atoms with Crippen LogP contribution in [0.15, 0.2) is 41.6 Å².